The maximum Gasteiger partial charge on any atom is 0.326 e. The highest BCUT2D eigenvalue weighted by Gasteiger charge is 2.42. The van der Waals surface area contributed by atoms with Gasteiger partial charge in [-0.25, -0.2) is 4.79 Å². The number of carboxylic acid groups (broad SMARTS) is 1. The van der Waals surface area contributed by atoms with Crippen LogP contribution in [0.2, 0.25) is 0 Å². The lowest BCUT2D eigenvalue weighted by molar-refractivity contribution is -0.151. The molecule has 2 N–H and O–H groups in total. The van der Waals surface area contributed by atoms with Crippen molar-refractivity contribution in [1.82, 2.24) is 10.2 Å². The number of carbonyl (C=O) groups is 3. The molecule has 21 heavy (non-hydrogen) atoms. The second-order valence-electron chi connectivity index (χ2n) is 5.92. The Kier molecular flexibility index (Phi) is 4.65. The van der Waals surface area contributed by atoms with Crippen LogP contribution in [0, 0.1) is 17.8 Å². The normalized spacial score (nSPS) is 27.4. The molecular weight excluding hydrogens is 272 g/mol. The largest absolute Gasteiger partial charge is 0.480 e. The van der Waals surface area contributed by atoms with Crippen LogP contribution in [0.25, 0.3) is 0 Å². The molecule has 0 radical (unpaired) electrons. The molecule has 116 valence electrons. The molecule has 6 nitrogen and oxygen atoms in total. The molecule has 6 heteroatoms. The number of nitrogens with zero attached hydrogens (tertiary/aromatic N) is 1. The van der Waals surface area contributed by atoms with Gasteiger partial charge >= 0.3 is 5.97 Å². The molecule has 1 fully saturated rings. The molecule has 0 heterocycles. The minimum atomic E-state index is -1.02. The Labute approximate surface area is 124 Å². The second-order valence-corrected chi connectivity index (χ2v) is 5.92. The lowest BCUT2D eigenvalue weighted by Crippen LogP contribution is -2.49. The summed E-state index contributed by atoms with van der Waals surface area (Å²) in [5.41, 5.74) is 0. The van der Waals surface area contributed by atoms with Gasteiger partial charge < -0.3 is 15.3 Å². The van der Waals surface area contributed by atoms with E-state index < -0.39 is 12.0 Å². The molecule has 4 unspecified atom stereocenters. The number of carbonyl (C=O) groups excluding carboxylic acids is 2. The van der Waals surface area contributed by atoms with Crippen molar-refractivity contribution in [3.63, 3.8) is 0 Å². The summed E-state index contributed by atoms with van der Waals surface area (Å²) >= 11 is 0. The van der Waals surface area contributed by atoms with Gasteiger partial charge in [-0.15, -0.1) is 0 Å². The first-order chi connectivity index (χ1) is 9.90. The van der Waals surface area contributed by atoms with Gasteiger partial charge in [0.1, 0.15) is 6.04 Å². The fourth-order valence-corrected chi connectivity index (χ4v) is 3.26. The van der Waals surface area contributed by atoms with Crippen molar-refractivity contribution in [2.75, 3.05) is 13.1 Å². The third-order valence-corrected chi connectivity index (χ3v) is 4.43. The number of amides is 2. The lowest BCUT2D eigenvalue weighted by atomic mass is 9.91. The summed E-state index contributed by atoms with van der Waals surface area (Å²) in [7, 11) is 0. The number of allylic oxidation sites excluding steroid dienone is 2. The topological polar surface area (TPSA) is 86.7 Å². The van der Waals surface area contributed by atoms with E-state index in [1.807, 2.05) is 0 Å². The quantitative estimate of drug-likeness (QED) is 0.704. The van der Waals surface area contributed by atoms with Crippen LogP contribution in [-0.4, -0.2) is 46.9 Å². The highest BCUT2D eigenvalue weighted by atomic mass is 16.4. The fourth-order valence-electron chi connectivity index (χ4n) is 3.26. The van der Waals surface area contributed by atoms with E-state index in [9.17, 15) is 19.5 Å². The molecule has 0 aromatic rings. The van der Waals surface area contributed by atoms with E-state index in [1.54, 1.807) is 0 Å². The standard InChI is InChI=1S/C15H22N2O4/c1-9(15(20)21)17(6-5-16-10(2)18)14(19)13-8-11-3-4-12(13)7-11/h3-4,9,11-13H,5-8H2,1-2H3,(H,16,18)(H,20,21). The first-order valence-electron chi connectivity index (χ1n) is 7.36. The monoisotopic (exact) mass is 294 g/mol. The Morgan fingerprint density at radius 3 is 2.52 bits per heavy atom. The minimum absolute atomic E-state index is 0.105. The third kappa shape index (κ3) is 3.43. The molecule has 2 amide bonds. The van der Waals surface area contributed by atoms with Crippen molar-refractivity contribution in [3.05, 3.63) is 12.2 Å². The summed E-state index contributed by atoms with van der Waals surface area (Å²) in [6.07, 6.45) is 6.03. The van der Waals surface area contributed by atoms with Crippen LogP contribution in [0.5, 0.6) is 0 Å². The Hall–Kier alpha value is -1.85. The van der Waals surface area contributed by atoms with Crippen LogP contribution in [0.1, 0.15) is 26.7 Å². The van der Waals surface area contributed by atoms with Gasteiger partial charge in [0.05, 0.1) is 0 Å². The van der Waals surface area contributed by atoms with E-state index in [0.717, 1.165) is 12.8 Å². The molecule has 0 saturated heterocycles. The van der Waals surface area contributed by atoms with Gasteiger partial charge in [0.25, 0.3) is 0 Å². The highest BCUT2D eigenvalue weighted by Crippen LogP contribution is 2.44. The van der Waals surface area contributed by atoms with Gasteiger partial charge in [0, 0.05) is 25.9 Å². The molecule has 1 saturated carbocycles. The molecule has 2 rings (SSSR count). The smallest absolute Gasteiger partial charge is 0.326 e. The predicted molar refractivity (Wildman–Crippen MR) is 76.3 cm³/mol. The van der Waals surface area contributed by atoms with Crippen molar-refractivity contribution in [2.24, 2.45) is 17.8 Å². The minimum Gasteiger partial charge on any atom is -0.480 e. The van der Waals surface area contributed by atoms with Gasteiger partial charge in [-0.3, -0.25) is 9.59 Å². The summed E-state index contributed by atoms with van der Waals surface area (Å²) in [6.45, 7) is 3.41. The number of rotatable bonds is 6. The van der Waals surface area contributed by atoms with E-state index >= 15 is 0 Å². The zero-order valence-electron chi connectivity index (χ0n) is 12.4. The van der Waals surface area contributed by atoms with E-state index in [1.165, 1.54) is 18.7 Å². The van der Waals surface area contributed by atoms with Crippen LogP contribution in [0.15, 0.2) is 12.2 Å². The Balaban J connectivity index is 2.03. The Morgan fingerprint density at radius 1 is 1.33 bits per heavy atom. The fraction of sp³-hybridized carbons (Fsp3) is 0.667. The van der Waals surface area contributed by atoms with Crippen LogP contribution in [0.3, 0.4) is 0 Å². The molecule has 0 aliphatic heterocycles. The number of nitrogens with one attached hydrogen (secondary N) is 1. The average Bonchev–Trinajstić information content (AvgIpc) is 3.04. The van der Waals surface area contributed by atoms with Crippen molar-refractivity contribution < 1.29 is 19.5 Å². The average molecular weight is 294 g/mol. The van der Waals surface area contributed by atoms with Crippen molar-refractivity contribution in [2.45, 2.75) is 32.7 Å². The van der Waals surface area contributed by atoms with Gasteiger partial charge in [-0.1, -0.05) is 12.2 Å². The number of hydrogen-bond acceptors (Lipinski definition) is 3. The molecule has 0 spiro atoms. The molecule has 0 aromatic heterocycles. The number of aliphatic carboxylic acids is 1. The van der Waals surface area contributed by atoms with E-state index in [0.29, 0.717) is 5.92 Å². The summed E-state index contributed by atoms with van der Waals surface area (Å²) in [6, 6.07) is -0.880. The molecule has 0 aromatic carbocycles. The molecule has 2 aliphatic carbocycles. The number of carboxylic acids is 1. The molecule has 2 bridgehead atoms. The Bertz CT molecular complexity index is 474. The first kappa shape index (κ1) is 15.5. The van der Waals surface area contributed by atoms with Gasteiger partial charge in [0.2, 0.25) is 11.8 Å². The van der Waals surface area contributed by atoms with Gasteiger partial charge in [-0.2, -0.15) is 0 Å². The first-order valence-corrected chi connectivity index (χ1v) is 7.36. The van der Waals surface area contributed by atoms with Crippen molar-refractivity contribution >= 4 is 17.8 Å². The number of hydrogen-bond donors (Lipinski definition) is 2. The summed E-state index contributed by atoms with van der Waals surface area (Å²) in [4.78, 5) is 36.2. The molecule has 4 atom stereocenters. The zero-order valence-corrected chi connectivity index (χ0v) is 12.4. The van der Waals surface area contributed by atoms with Crippen LogP contribution >= 0.6 is 0 Å². The summed E-state index contributed by atoms with van der Waals surface area (Å²) < 4.78 is 0. The van der Waals surface area contributed by atoms with E-state index in [-0.39, 0.29) is 36.7 Å². The molecule has 2 aliphatic rings. The summed E-state index contributed by atoms with van der Waals surface area (Å²) in [5, 5.41) is 11.8. The molecular formula is C15H22N2O4. The second kappa shape index (κ2) is 6.28. The summed E-state index contributed by atoms with van der Waals surface area (Å²) in [5.74, 6) is -0.725. The van der Waals surface area contributed by atoms with Crippen LogP contribution in [-0.2, 0) is 14.4 Å². The number of fused-ring (bicyclic) bond motifs is 2. The Morgan fingerprint density at radius 2 is 2.05 bits per heavy atom. The van der Waals surface area contributed by atoms with Crippen molar-refractivity contribution in [1.29, 1.82) is 0 Å². The van der Waals surface area contributed by atoms with Crippen molar-refractivity contribution in [3.8, 4) is 0 Å². The maximum atomic E-state index is 12.7. The highest BCUT2D eigenvalue weighted by molar-refractivity contribution is 5.85. The third-order valence-electron chi connectivity index (χ3n) is 4.43. The van der Waals surface area contributed by atoms with Gasteiger partial charge in [0.15, 0.2) is 0 Å². The maximum absolute atomic E-state index is 12.7. The van der Waals surface area contributed by atoms with Crippen LogP contribution in [0.4, 0.5) is 0 Å². The van der Waals surface area contributed by atoms with E-state index in [4.69, 9.17) is 0 Å². The zero-order chi connectivity index (χ0) is 15.6. The predicted octanol–water partition coefficient (Wildman–Crippen LogP) is 0.636. The lowest BCUT2D eigenvalue weighted by Gasteiger charge is -2.31. The van der Waals surface area contributed by atoms with Crippen LogP contribution < -0.4 is 5.32 Å². The van der Waals surface area contributed by atoms with E-state index in [2.05, 4.69) is 17.5 Å². The SMILES string of the molecule is CC(=O)NCCN(C(=O)C1CC2C=CC1C2)C(C)C(=O)O. The van der Waals surface area contributed by atoms with Gasteiger partial charge in [-0.05, 0) is 31.6 Å².